The first kappa shape index (κ1) is 13.9. The van der Waals surface area contributed by atoms with Crippen LogP contribution in [0.5, 0.6) is 0 Å². The molecule has 2 N–H and O–H groups in total. The van der Waals surface area contributed by atoms with Crippen LogP contribution in [0.1, 0.15) is 39.0 Å². The minimum atomic E-state index is -0.460. The van der Waals surface area contributed by atoms with Gasteiger partial charge in [0.1, 0.15) is 11.4 Å². The van der Waals surface area contributed by atoms with Crippen molar-refractivity contribution in [2.75, 3.05) is 13.1 Å². The summed E-state index contributed by atoms with van der Waals surface area (Å²) < 4.78 is 10.7. The quantitative estimate of drug-likeness (QED) is 0.893. The molecule has 2 atom stereocenters. The average molecular weight is 266 g/mol. The maximum atomic E-state index is 12.0. The van der Waals surface area contributed by atoms with Gasteiger partial charge in [0.15, 0.2) is 0 Å². The van der Waals surface area contributed by atoms with Crippen LogP contribution in [-0.4, -0.2) is 29.7 Å². The van der Waals surface area contributed by atoms with Crippen molar-refractivity contribution in [3.8, 4) is 0 Å². The summed E-state index contributed by atoms with van der Waals surface area (Å²) in [5, 5.41) is 0. The monoisotopic (exact) mass is 266 g/mol. The van der Waals surface area contributed by atoms with Crippen molar-refractivity contribution < 1.29 is 13.9 Å². The van der Waals surface area contributed by atoms with Crippen molar-refractivity contribution in [1.82, 2.24) is 4.90 Å². The first-order valence-electron chi connectivity index (χ1n) is 6.64. The predicted molar refractivity (Wildman–Crippen MR) is 71.6 cm³/mol. The highest BCUT2D eigenvalue weighted by molar-refractivity contribution is 5.68. The zero-order chi connectivity index (χ0) is 14.0. The van der Waals surface area contributed by atoms with Crippen LogP contribution >= 0.6 is 0 Å². The fourth-order valence-electron chi connectivity index (χ4n) is 2.29. The summed E-state index contributed by atoms with van der Waals surface area (Å²) in [4.78, 5) is 13.7. The highest BCUT2D eigenvalue weighted by Gasteiger charge is 2.34. The maximum Gasteiger partial charge on any atom is 0.410 e. The fraction of sp³-hybridized carbons (Fsp3) is 0.643. The second kappa shape index (κ2) is 5.25. The summed E-state index contributed by atoms with van der Waals surface area (Å²) in [6.45, 7) is 6.91. The van der Waals surface area contributed by atoms with Crippen molar-refractivity contribution in [3.05, 3.63) is 24.2 Å². The van der Waals surface area contributed by atoms with Crippen LogP contribution in [0.3, 0.4) is 0 Å². The number of rotatable bonds is 2. The summed E-state index contributed by atoms with van der Waals surface area (Å²) in [6, 6.07) is 3.54. The van der Waals surface area contributed by atoms with Gasteiger partial charge in [0, 0.05) is 19.0 Å². The van der Waals surface area contributed by atoms with Gasteiger partial charge in [0.25, 0.3) is 0 Å². The van der Waals surface area contributed by atoms with Gasteiger partial charge < -0.3 is 19.8 Å². The van der Waals surface area contributed by atoms with Crippen molar-refractivity contribution in [1.29, 1.82) is 0 Å². The molecule has 1 fully saturated rings. The highest BCUT2D eigenvalue weighted by Crippen LogP contribution is 2.29. The molecule has 1 aromatic rings. The van der Waals surface area contributed by atoms with Crippen molar-refractivity contribution in [2.24, 2.45) is 11.7 Å². The van der Waals surface area contributed by atoms with E-state index in [2.05, 4.69) is 0 Å². The van der Waals surface area contributed by atoms with E-state index in [-0.39, 0.29) is 18.1 Å². The van der Waals surface area contributed by atoms with E-state index in [0.29, 0.717) is 13.1 Å². The number of ether oxygens (including phenoxy) is 1. The molecule has 0 aromatic carbocycles. The molecule has 2 heterocycles. The first-order chi connectivity index (χ1) is 8.87. The van der Waals surface area contributed by atoms with E-state index in [9.17, 15) is 4.79 Å². The highest BCUT2D eigenvalue weighted by atomic mass is 16.6. The number of carbonyl (C=O) groups is 1. The Bertz CT molecular complexity index is 422. The number of carbonyl (C=O) groups excluding carboxylic acids is 1. The number of furan rings is 1. The minimum absolute atomic E-state index is 0.164. The van der Waals surface area contributed by atoms with E-state index < -0.39 is 5.60 Å². The third kappa shape index (κ3) is 3.50. The molecule has 0 aliphatic carbocycles. The molecule has 1 aromatic heterocycles. The van der Waals surface area contributed by atoms with Gasteiger partial charge in [-0.3, -0.25) is 0 Å². The van der Waals surface area contributed by atoms with E-state index in [1.807, 2.05) is 32.9 Å². The van der Waals surface area contributed by atoms with Crippen molar-refractivity contribution in [2.45, 2.75) is 38.8 Å². The zero-order valence-electron chi connectivity index (χ0n) is 11.8. The standard InChI is InChI=1S/C14H22N2O3/c1-14(2,3)19-13(17)16-7-6-10(9-16)12(15)11-5-4-8-18-11/h4-5,8,10,12H,6-7,9,15H2,1-3H3. The molecule has 1 saturated heterocycles. The van der Waals surface area contributed by atoms with Crippen LogP contribution in [0.2, 0.25) is 0 Å². The van der Waals surface area contributed by atoms with Gasteiger partial charge in [-0.2, -0.15) is 0 Å². The van der Waals surface area contributed by atoms with E-state index in [0.717, 1.165) is 12.2 Å². The molecule has 2 unspecified atom stereocenters. The first-order valence-corrected chi connectivity index (χ1v) is 6.64. The molecule has 5 heteroatoms. The third-order valence-electron chi connectivity index (χ3n) is 3.26. The lowest BCUT2D eigenvalue weighted by atomic mass is 9.98. The fourth-order valence-corrected chi connectivity index (χ4v) is 2.29. The van der Waals surface area contributed by atoms with Gasteiger partial charge in [0.05, 0.1) is 12.3 Å². The second-order valence-corrected chi connectivity index (χ2v) is 6.02. The molecule has 5 nitrogen and oxygen atoms in total. The Hall–Kier alpha value is -1.49. The van der Waals surface area contributed by atoms with E-state index >= 15 is 0 Å². The van der Waals surface area contributed by atoms with Crippen LogP contribution in [0.15, 0.2) is 22.8 Å². The topological polar surface area (TPSA) is 68.7 Å². The molecule has 0 bridgehead atoms. The van der Waals surface area contributed by atoms with Crippen molar-refractivity contribution >= 4 is 6.09 Å². The van der Waals surface area contributed by atoms with Crippen LogP contribution in [-0.2, 0) is 4.74 Å². The number of likely N-dealkylation sites (tertiary alicyclic amines) is 1. The Labute approximate surface area is 113 Å². The molecular weight excluding hydrogens is 244 g/mol. The van der Waals surface area contributed by atoms with Gasteiger partial charge in [-0.25, -0.2) is 4.79 Å². The molecule has 1 aliphatic rings. The van der Waals surface area contributed by atoms with Crippen LogP contribution in [0.25, 0.3) is 0 Å². The van der Waals surface area contributed by atoms with Crippen LogP contribution in [0.4, 0.5) is 4.79 Å². The molecule has 106 valence electrons. The third-order valence-corrected chi connectivity index (χ3v) is 3.26. The summed E-state index contributed by atoms with van der Waals surface area (Å²) in [5.41, 5.74) is 5.70. The smallest absolute Gasteiger partial charge is 0.410 e. The van der Waals surface area contributed by atoms with Crippen LogP contribution < -0.4 is 5.73 Å². The number of amides is 1. The summed E-state index contributed by atoms with van der Waals surface area (Å²) in [7, 11) is 0. The van der Waals surface area contributed by atoms with E-state index in [1.165, 1.54) is 0 Å². The molecule has 0 saturated carbocycles. The Morgan fingerprint density at radius 2 is 2.32 bits per heavy atom. The maximum absolute atomic E-state index is 12.0. The summed E-state index contributed by atoms with van der Waals surface area (Å²) in [6.07, 6.45) is 2.23. The normalized spacial score (nSPS) is 21.5. The number of hydrogen-bond acceptors (Lipinski definition) is 4. The molecular formula is C14H22N2O3. The lowest BCUT2D eigenvalue weighted by molar-refractivity contribution is 0.0286. The Kier molecular flexibility index (Phi) is 3.85. The molecule has 0 spiro atoms. The van der Waals surface area contributed by atoms with Gasteiger partial charge in [0.2, 0.25) is 0 Å². The second-order valence-electron chi connectivity index (χ2n) is 6.02. The molecule has 1 amide bonds. The predicted octanol–water partition coefficient (Wildman–Crippen LogP) is 2.54. The molecule has 0 radical (unpaired) electrons. The van der Waals surface area contributed by atoms with Gasteiger partial charge in [-0.1, -0.05) is 0 Å². The number of nitrogens with zero attached hydrogens (tertiary/aromatic N) is 1. The van der Waals surface area contributed by atoms with E-state index in [4.69, 9.17) is 14.9 Å². The van der Waals surface area contributed by atoms with Gasteiger partial charge in [-0.05, 0) is 39.3 Å². The Balaban J connectivity index is 1.91. The summed E-state index contributed by atoms with van der Waals surface area (Å²) >= 11 is 0. The molecule has 2 rings (SSSR count). The average Bonchev–Trinajstić information content (AvgIpc) is 2.98. The Morgan fingerprint density at radius 3 is 2.89 bits per heavy atom. The van der Waals surface area contributed by atoms with Gasteiger partial charge in [-0.15, -0.1) is 0 Å². The molecule has 1 aliphatic heterocycles. The minimum Gasteiger partial charge on any atom is -0.468 e. The van der Waals surface area contributed by atoms with E-state index in [1.54, 1.807) is 11.2 Å². The Morgan fingerprint density at radius 1 is 1.58 bits per heavy atom. The van der Waals surface area contributed by atoms with Crippen molar-refractivity contribution in [3.63, 3.8) is 0 Å². The molecule has 19 heavy (non-hydrogen) atoms. The zero-order valence-corrected chi connectivity index (χ0v) is 11.8. The summed E-state index contributed by atoms with van der Waals surface area (Å²) in [5.74, 6) is 0.995. The van der Waals surface area contributed by atoms with Gasteiger partial charge >= 0.3 is 6.09 Å². The van der Waals surface area contributed by atoms with Crippen LogP contribution in [0, 0.1) is 5.92 Å². The lowest BCUT2D eigenvalue weighted by Crippen LogP contribution is -2.36. The lowest BCUT2D eigenvalue weighted by Gasteiger charge is -2.25. The number of hydrogen-bond donors (Lipinski definition) is 1. The number of nitrogens with two attached hydrogens (primary N) is 1. The SMILES string of the molecule is CC(C)(C)OC(=O)N1CCC(C(N)c2ccco2)C1. The largest absolute Gasteiger partial charge is 0.468 e.